The van der Waals surface area contributed by atoms with Gasteiger partial charge < -0.3 is 5.32 Å². The zero-order valence-electron chi connectivity index (χ0n) is 10.4. The zero-order valence-corrected chi connectivity index (χ0v) is 10.4. The number of benzene rings is 2. The Morgan fingerprint density at radius 3 is 2.70 bits per heavy atom. The summed E-state index contributed by atoms with van der Waals surface area (Å²) in [5.74, 6) is -2.94. The minimum atomic E-state index is -1.17. The number of amides is 1. The van der Waals surface area contributed by atoms with E-state index in [2.05, 4.69) is 5.32 Å². The zero-order chi connectivity index (χ0) is 14.5. The maximum absolute atomic E-state index is 13.4. The van der Waals surface area contributed by atoms with Crippen molar-refractivity contribution in [2.24, 2.45) is 0 Å². The predicted octanol–water partition coefficient (Wildman–Crippen LogP) is 2.77. The van der Waals surface area contributed by atoms with E-state index in [0.717, 1.165) is 6.07 Å². The molecular formula is C15H10F2N2O. The van der Waals surface area contributed by atoms with Gasteiger partial charge in [-0.1, -0.05) is 18.2 Å². The number of nitriles is 1. The van der Waals surface area contributed by atoms with Crippen molar-refractivity contribution in [2.45, 2.75) is 6.54 Å². The van der Waals surface area contributed by atoms with Gasteiger partial charge in [0.2, 0.25) is 0 Å². The molecule has 2 rings (SSSR count). The van der Waals surface area contributed by atoms with Crippen molar-refractivity contribution in [1.29, 1.82) is 5.26 Å². The summed E-state index contributed by atoms with van der Waals surface area (Å²) in [4.78, 5) is 11.8. The largest absolute Gasteiger partial charge is 0.348 e. The van der Waals surface area contributed by atoms with E-state index in [0.29, 0.717) is 11.1 Å². The topological polar surface area (TPSA) is 52.9 Å². The Hall–Kier alpha value is -2.74. The monoisotopic (exact) mass is 272 g/mol. The lowest BCUT2D eigenvalue weighted by Crippen LogP contribution is -2.24. The molecule has 0 unspecified atom stereocenters. The number of hydrogen-bond acceptors (Lipinski definition) is 2. The van der Waals surface area contributed by atoms with Crippen LogP contribution in [0.5, 0.6) is 0 Å². The molecule has 0 saturated carbocycles. The molecule has 2 aromatic carbocycles. The van der Waals surface area contributed by atoms with Crippen molar-refractivity contribution < 1.29 is 13.6 Å². The minimum absolute atomic E-state index is 0.129. The summed E-state index contributed by atoms with van der Waals surface area (Å²) < 4.78 is 26.4. The maximum Gasteiger partial charge on any atom is 0.254 e. The van der Waals surface area contributed by atoms with Crippen LogP contribution >= 0.6 is 0 Å². The fourth-order valence-electron chi connectivity index (χ4n) is 1.71. The highest BCUT2D eigenvalue weighted by molar-refractivity contribution is 5.94. The molecule has 0 heterocycles. The summed E-state index contributed by atoms with van der Waals surface area (Å²) in [5, 5.41) is 11.2. The van der Waals surface area contributed by atoms with Gasteiger partial charge >= 0.3 is 0 Å². The summed E-state index contributed by atoms with van der Waals surface area (Å²) in [6.45, 7) is 0.129. The summed E-state index contributed by atoms with van der Waals surface area (Å²) in [6, 6.07) is 12.1. The van der Waals surface area contributed by atoms with Crippen molar-refractivity contribution in [3.63, 3.8) is 0 Å². The van der Waals surface area contributed by atoms with Crippen LogP contribution in [0.3, 0.4) is 0 Å². The van der Waals surface area contributed by atoms with Crippen LogP contribution in [0.4, 0.5) is 8.78 Å². The van der Waals surface area contributed by atoms with Crippen LogP contribution in [0.25, 0.3) is 0 Å². The van der Waals surface area contributed by atoms with Crippen molar-refractivity contribution >= 4 is 5.91 Å². The van der Waals surface area contributed by atoms with E-state index in [-0.39, 0.29) is 12.1 Å². The summed E-state index contributed by atoms with van der Waals surface area (Å²) in [5.41, 5.74) is 0.823. The molecule has 20 heavy (non-hydrogen) atoms. The summed E-state index contributed by atoms with van der Waals surface area (Å²) >= 11 is 0. The molecule has 3 nitrogen and oxygen atoms in total. The van der Waals surface area contributed by atoms with E-state index in [1.54, 1.807) is 24.3 Å². The number of nitrogens with zero attached hydrogens (tertiary/aromatic N) is 1. The average Bonchev–Trinajstić information content (AvgIpc) is 2.48. The predicted molar refractivity (Wildman–Crippen MR) is 68.7 cm³/mol. The highest BCUT2D eigenvalue weighted by Crippen LogP contribution is 2.11. The third-order valence-corrected chi connectivity index (χ3v) is 2.71. The average molecular weight is 272 g/mol. The minimum Gasteiger partial charge on any atom is -0.348 e. The Kier molecular flexibility index (Phi) is 4.06. The van der Waals surface area contributed by atoms with Crippen molar-refractivity contribution in [2.75, 3.05) is 0 Å². The second kappa shape index (κ2) is 5.93. The van der Waals surface area contributed by atoms with Gasteiger partial charge in [0.15, 0.2) is 11.6 Å². The first-order valence-electron chi connectivity index (χ1n) is 5.83. The molecule has 5 heteroatoms. The quantitative estimate of drug-likeness (QED) is 0.934. The van der Waals surface area contributed by atoms with Crippen LogP contribution in [0.1, 0.15) is 21.5 Å². The van der Waals surface area contributed by atoms with E-state index in [1.807, 2.05) is 6.07 Å². The molecule has 0 aromatic heterocycles. The van der Waals surface area contributed by atoms with E-state index < -0.39 is 17.5 Å². The number of nitrogens with one attached hydrogen (secondary N) is 1. The maximum atomic E-state index is 13.4. The molecule has 0 aliphatic heterocycles. The normalized spacial score (nSPS) is 9.85. The van der Waals surface area contributed by atoms with Gasteiger partial charge in [-0.25, -0.2) is 8.78 Å². The van der Waals surface area contributed by atoms with Crippen LogP contribution in [-0.4, -0.2) is 5.91 Å². The molecule has 100 valence electrons. The highest BCUT2D eigenvalue weighted by atomic mass is 19.2. The SMILES string of the molecule is N#Cc1cccc(CNC(=O)c2cccc(F)c2F)c1. The first-order chi connectivity index (χ1) is 9.61. The Morgan fingerprint density at radius 2 is 1.95 bits per heavy atom. The second-order valence-corrected chi connectivity index (χ2v) is 4.10. The Balaban J connectivity index is 2.09. The molecule has 0 aliphatic rings. The standard InChI is InChI=1S/C15H10F2N2O/c16-13-6-2-5-12(14(13)17)15(20)19-9-11-4-1-3-10(7-11)8-18/h1-7H,9H2,(H,19,20). The number of carbonyl (C=O) groups is 1. The number of hydrogen-bond donors (Lipinski definition) is 1. The number of halogens is 2. The van der Waals surface area contributed by atoms with Gasteiger partial charge in [-0.3, -0.25) is 4.79 Å². The van der Waals surface area contributed by atoms with Gasteiger partial charge in [-0.2, -0.15) is 5.26 Å². The lowest BCUT2D eigenvalue weighted by Gasteiger charge is -2.07. The van der Waals surface area contributed by atoms with Crippen LogP contribution in [0, 0.1) is 23.0 Å². The molecule has 0 aliphatic carbocycles. The molecule has 0 bridgehead atoms. The molecule has 0 saturated heterocycles. The lowest BCUT2D eigenvalue weighted by molar-refractivity contribution is 0.0946. The molecule has 1 amide bonds. The van der Waals surface area contributed by atoms with Crippen LogP contribution < -0.4 is 5.32 Å². The van der Waals surface area contributed by atoms with Crippen LogP contribution in [0.15, 0.2) is 42.5 Å². The fraction of sp³-hybridized carbons (Fsp3) is 0.0667. The molecule has 0 fully saturated rings. The van der Waals surface area contributed by atoms with Crippen molar-refractivity contribution in [3.05, 3.63) is 70.8 Å². The van der Waals surface area contributed by atoms with E-state index in [9.17, 15) is 13.6 Å². The Labute approximate surface area is 114 Å². The Morgan fingerprint density at radius 1 is 1.20 bits per heavy atom. The van der Waals surface area contributed by atoms with E-state index in [4.69, 9.17) is 5.26 Å². The third kappa shape index (κ3) is 2.98. The first kappa shape index (κ1) is 13.7. The molecule has 0 atom stereocenters. The van der Waals surface area contributed by atoms with Crippen molar-refractivity contribution in [3.8, 4) is 6.07 Å². The Bertz CT molecular complexity index is 693. The van der Waals surface area contributed by atoms with Gasteiger partial charge in [0.25, 0.3) is 5.91 Å². The first-order valence-corrected chi connectivity index (χ1v) is 5.83. The fourth-order valence-corrected chi connectivity index (χ4v) is 1.71. The highest BCUT2D eigenvalue weighted by Gasteiger charge is 2.14. The summed E-state index contributed by atoms with van der Waals surface area (Å²) in [7, 11) is 0. The van der Waals surface area contributed by atoms with Crippen LogP contribution in [0.2, 0.25) is 0 Å². The number of rotatable bonds is 3. The van der Waals surface area contributed by atoms with Gasteiger partial charge in [0.1, 0.15) is 0 Å². The molecular weight excluding hydrogens is 262 g/mol. The summed E-state index contributed by atoms with van der Waals surface area (Å²) in [6.07, 6.45) is 0. The second-order valence-electron chi connectivity index (χ2n) is 4.10. The van der Waals surface area contributed by atoms with Gasteiger partial charge in [-0.05, 0) is 29.8 Å². The van der Waals surface area contributed by atoms with Gasteiger partial charge in [0.05, 0.1) is 17.2 Å². The molecule has 1 N–H and O–H groups in total. The lowest BCUT2D eigenvalue weighted by atomic mass is 10.1. The smallest absolute Gasteiger partial charge is 0.254 e. The molecule has 2 aromatic rings. The van der Waals surface area contributed by atoms with Gasteiger partial charge in [0, 0.05) is 6.54 Å². The number of carbonyl (C=O) groups excluding carboxylic acids is 1. The van der Waals surface area contributed by atoms with Gasteiger partial charge in [-0.15, -0.1) is 0 Å². The van der Waals surface area contributed by atoms with E-state index >= 15 is 0 Å². The third-order valence-electron chi connectivity index (χ3n) is 2.71. The molecule has 0 radical (unpaired) electrons. The van der Waals surface area contributed by atoms with Crippen LogP contribution in [-0.2, 0) is 6.54 Å². The molecule has 0 spiro atoms. The van der Waals surface area contributed by atoms with Crippen molar-refractivity contribution in [1.82, 2.24) is 5.32 Å². The van der Waals surface area contributed by atoms with E-state index in [1.165, 1.54) is 12.1 Å².